The van der Waals surface area contributed by atoms with Crippen molar-refractivity contribution in [2.24, 2.45) is 5.92 Å². The number of carbonyl (C=O) groups excluding carboxylic acids is 1. The molecule has 0 aliphatic heterocycles. The van der Waals surface area contributed by atoms with Gasteiger partial charge in [-0.15, -0.1) is 10.2 Å². The summed E-state index contributed by atoms with van der Waals surface area (Å²) in [5.41, 5.74) is 0.970. The van der Waals surface area contributed by atoms with Crippen LogP contribution in [0.5, 0.6) is 0 Å². The van der Waals surface area contributed by atoms with E-state index >= 15 is 0 Å². The van der Waals surface area contributed by atoms with Crippen molar-refractivity contribution >= 4 is 17.5 Å². The number of amides is 1. The molecule has 5 nitrogen and oxygen atoms in total. The zero-order chi connectivity index (χ0) is 18.1. The second-order valence-corrected chi connectivity index (χ2v) is 8.07. The Bertz CT molecular complexity index is 779. The third kappa shape index (κ3) is 3.50. The molecule has 2 saturated carbocycles. The smallest absolute Gasteiger partial charge is 0.227 e. The van der Waals surface area contributed by atoms with Gasteiger partial charge >= 0.3 is 0 Å². The largest absolute Gasteiger partial charge is 0.424 e. The first-order chi connectivity index (χ1) is 12.6. The number of nitrogens with one attached hydrogen (secondary N) is 1. The van der Waals surface area contributed by atoms with Crippen LogP contribution in [0.25, 0.3) is 0 Å². The second-order valence-electron chi connectivity index (χ2n) is 7.64. The molecule has 1 heterocycles. The van der Waals surface area contributed by atoms with Crippen LogP contribution in [-0.4, -0.2) is 22.1 Å². The molecule has 2 fully saturated rings. The Balaban J connectivity index is 1.40. The van der Waals surface area contributed by atoms with Crippen LogP contribution in [0.2, 0.25) is 5.02 Å². The van der Waals surface area contributed by atoms with Crippen LogP contribution in [0.4, 0.5) is 0 Å². The van der Waals surface area contributed by atoms with Crippen molar-refractivity contribution in [2.45, 2.75) is 63.3 Å². The average Bonchev–Trinajstić information content (AvgIpc) is 3.34. The second kappa shape index (κ2) is 7.03. The van der Waals surface area contributed by atoms with Gasteiger partial charge in [0.25, 0.3) is 0 Å². The molecule has 138 valence electrons. The Morgan fingerprint density at radius 3 is 2.65 bits per heavy atom. The zero-order valence-electron chi connectivity index (χ0n) is 15.0. The molecule has 1 N–H and O–H groups in total. The van der Waals surface area contributed by atoms with Gasteiger partial charge in [-0.3, -0.25) is 4.79 Å². The van der Waals surface area contributed by atoms with Crippen LogP contribution in [-0.2, 0) is 16.6 Å². The van der Waals surface area contributed by atoms with Gasteiger partial charge < -0.3 is 9.73 Å². The van der Waals surface area contributed by atoms with Gasteiger partial charge in [0.05, 0.1) is 5.41 Å². The number of carbonyl (C=O) groups is 1. The number of aromatic nitrogens is 2. The summed E-state index contributed by atoms with van der Waals surface area (Å²) in [7, 11) is 0. The molecule has 1 atom stereocenters. The first kappa shape index (κ1) is 17.5. The summed E-state index contributed by atoms with van der Waals surface area (Å²) in [6.45, 7) is 2.08. The van der Waals surface area contributed by atoms with Crippen LogP contribution >= 0.6 is 11.6 Å². The molecular formula is C20H24ClN3O2. The molecule has 2 aliphatic carbocycles. The van der Waals surface area contributed by atoms with Crippen LogP contribution in [0.15, 0.2) is 28.7 Å². The topological polar surface area (TPSA) is 68.0 Å². The number of rotatable bonds is 7. The quantitative estimate of drug-likeness (QED) is 0.795. The van der Waals surface area contributed by atoms with Gasteiger partial charge in [0.2, 0.25) is 17.7 Å². The number of benzene rings is 1. The van der Waals surface area contributed by atoms with Gasteiger partial charge in [-0.2, -0.15) is 0 Å². The number of hydrogen-bond donors (Lipinski definition) is 1. The Hall–Kier alpha value is -1.88. The van der Waals surface area contributed by atoms with Crippen molar-refractivity contribution in [3.8, 4) is 0 Å². The molecule has 0 saturated heterocycles. The first-order valence-electron chi connectivity index (χ1n) is 9.45. The highest BCUT2D eigenvalue weighted by Crippen LogP contribution is 2.48. The molecule has 1 unspecified atom stereocenters. The Kier molecular flexibility index (Phi) is 4.74. The third-order valence-corrected chi connectivity index (χ3v) is 6.02. The van der Waals surface area contributed by atoms with Gasteiger partial charge in [-0.1, -0.05) is 30.2 Å². The molecule has 0 spiro atoms. The number of nitrogens with zero attached hydrogens (tertiary/aromatic N) is 2. The van der Waals surface area contributed by atoms with Gasteiger partial charge in [-0.05, 0) is 56.2 Å². The van der Waals surface area contributed by atoms with Crippen LogP contribution in [0.3, 0.4) is 0 Å². The molecule has 1 amide bonds. The van der Waals surface area contributed by atoms with Crippen molar-refractivity contribution < 1.29 is 9.21 Å². The molecule has 1 aromatic carbocycles. The van der Waals surface area contributed by atoms with E-state index in [4.69, 9.17) is 16.0 Å². The molecule has 26 heavy (non-hydrogen) atoms. The normalized spacial score (nSPS) is 19.6. The lowest BCUT2D eigenvalue weighted by Crippen LogP contribution is -2.35. The summed E-state index contributed by atoms with van der Waals surface area (Å²) in [4.78, 5) is 12.1. The number of halogens is 1. The lowest BCUT2D eigenvalue weighted by Gasteiger charge is -2.39. The first-order valence-corrected chi connectivity index (χ1v) is 9.83. The standard InChI is InChI=1S/C20H24ClN3O2/c1-13(14-3-4-14)22-17(25)9-10-18-23-24-19(26-18)20(11-2-12-20)15-5-7-16(21)8-6-15/h5-8,13-14H,2-4,9-12H2,1H3,(H,22,25). The molecule has 0 radical (unpaired) electrons. The molecule has 6 heteroatoms. The van der Waals surface area contributed by atoms with E-state index in [1.165, 1.54) is 18.4 Å². The minimum atomic E-state index is -0.196. The predicted octanol–water partition coefficient (Wildman–Crippen LogP) is 4.04. The summed E-state index contributed by atoms with van der Waals surface area (Å²) in [6, 6.07) is 8.15. The summed E-state index contributed by atoms with van der Waals surface area (Å²) < 4.78 is 5.96. The van der Waals surface area contributed by atoms with Crippen molar-refractivity contribution in [3.63, 3.8) is 0 Å². The Morgan fingerprint density at radius 2 is 2.04 bits per heavy atom. The summed E-state index contributed by atoms with van der Waals surface area (Å²) in [5.74, 6) is 1.91. The predicted molar refractivity (Wildman–Crippen MR) is 99.0 cm³/mol. The average molecular weight is 374 g/mol. The molecular weight excluding hydrogens is 350 g/mol. The molecule has 1 aromatic heterocycles. The van der Waals surface area contributed by atoms with Gasteiger partial charge in [-0.25, -0.2) is 0 Å². The minimum Gasteiger partial charge on any atom is -0.424 e. The van der Waals surface area contributed by atoms with Crippen LogP contribution < -0.4 is 5.32 Å². The fourth-order valence-electron chi connectivity index (χ4n) is 3.73. The third-order valence-electron chi connectivity index (χ3n) is 5.76. The van der Waals surface area contributed by atoms with Crippen molar-refractivity contribution in [2.75, 3.05) is 0 Å². The lowest BCUT2D eigenvalue weighted by molar-refractivity contribution is -0.121. The maximum absolute atomic E-state index is 12.1. The van der Waals surface area contributed by atoms with E-state index in [2.05, 4.69) is 22.4 Å². The van der Waals surface area contributed by atoms with Crippen molar-refractivity contribution in [1.82, 2.24) is 15.5 Å². The molecule has 4 rings (SSSR count). The van der Waals surface area contributed by atoms with E-state index in [1.54, 1.807) is 0 Å². The summed E-state index contributed by atoms with van der Waals surface area (Å²) >= 11 is 6.01. The van der Waals surface area contributed by atoms with Crippen molar-refractivity contribution in [1.29, 1.82) is 0 Å². The van der Waals surface area contributed by atoms with E-state index in [1.807, 2.05) is 24.3 Å². The lowest BCUT2D eigenvalue weighted by atomic mass is 9.64. The van der Waals surface area contributed by atoms with E-state index < -0.39 is 0 Å². The van der Waals surface area contributed by atoms with Gasteiger partial charge in [0.1, 0.15) is 0 Å². The highest BCUT2D eigenvalue weighted by molar-refractivity contribution is 6.30. The highest BCUT2D eigenvalue weighted by Gasteiger charge is 2.45. The number of aryl methyl sites for hydroxylation is 1. The van der Waals surface area contributed by atoms with E-state index in [0.717, 1.165) is 24.3 Å². The van der Waals surface area contributed by atoms with E-state index in [9.17, 15) is 4.79 Å². The SMILES string of the molecule is CC(NC(=O)CCc1nnc(C2(c3ccc(Cl)cc3)CCC2)o1)C1CC1. The van der Waals surface area contributed by atoms with Crippen LogP contribution in [0, 0.1) is 5.92 Å². The highest BCUT2D eigenvalue weighted by atomic mass is 35.5. The fourth-order valence-corrected chi connectivity index (χ4v) is 3.86. The summed E-state index contributed by atoms with van der Waals surface area (Å²) in [5, 5.41) is 12.3. The van der Waals surface area contributed by atoms with Gasteiger partial charge in [0.15, 0.2) is 0 Å². The number of hydrogen-bond acceptors (Lipinski definition) is 4. The monoisotopic (exact) mass is 373 g/mol. The van der Waals surface area contributed by atoms with E-state index in [-0.39, 0.29) is 17.4 Å². The minimum absolute atomic E-state index is 0.0557. The van der Waals surface area contributed by atoms with Crippen LogP contribution in [0.1, 0.15) is 62.8 Å². The summed E-state index contributed by atoms with van der Waals surface area (Å²) in [6.07, 6.45) is 6.44. The Labute approximate surface area is 158 Å². The fraction of sp³-hybridized carbons (Fsp3) is 0.550. The Morgan fingerprint density at radius 1 is 1.31 bits per heavy atom. The molecule has 0 bridgehead atoms. The van der Waals surface area contributed by atoms with E-state index in [0.29, 0.717) is 30.5 Å². The zero-order valence-corrected chi connectivity index (χ0v) is 15.8. The maximum Gasteiger partial charge on any atom is 0.227 e. The van der Waals surface area contributed by atoms with Crippen molar-refractivity contribution in [3.05, 3.63) is 46.6 Å². The molecule has 2 aromatic rings. The maximum atomic E-state index is 12.1. The molecule has 2 aliphatic rings. The van der Waals surface area contributed by atoms with Gasteiger partial charge in [0, 0.05) is 23.9 Å².